The standard InChI is InChI=1S/C18H21N3/c1-13(2)15-9-7-14(8-10-15)12-21-17-6-4-3-5-16(17)20-18(21)11-19/h3-10,13H,11-12,19H2,1-2H3. The van der Waals surface area contributed by atoms with Crippen LogP contribution in [0, 0.1) is 0 Å². The van der Waals surface area contributed by atoms with Gasteiger partial charge in [0.05, 0.1) is 17.6 Å². The van der Waals surface area contributed by atoms with E-state index in [1.807, 2.05) is 18.2 Å². The molecule has 3 heteroatoms. The highest BCUT2D eigenvalue weighted by Crippen LogP contribution is 2.19. The molecule has 1 heterocycles. The molecule has 1 aromatic heterocycles. The van der Waals surface area contributed by atoms with Crippen molar-refractivity contribution in [1.29, 1.82) is 0 Å². The quantitative estimate of drug-likeness (QED) is 0.792. The van der Waals surface area contributed by atoms with Gasteiger partial charge in [-0.05, 0) is 29.2 Å². The molecule has 2 aromatic carbocycles. The molecular formula is C18H21N3. The number of hydrogen-bond acceptors (Lipinski definition) is 2. The third-order valence-corrected chi connectivity index (χ3v) is 3.90. The van der Waals surface area contributed by atoms with Gasteiger partial charge in [0.2, 0.25) is 0 Å². The first-order valence-corrected chi connectivity index (χ1v) is 7.42. The van der Waals surface area contributed by atoms with Crippen molar-refractivity contribution in [2.75, 3.05) is 0 Å². The van der Waals surface area contributed by atoms with Crippen molar-refractivity contribution >= 4 is 11.0 Å². The monoisotopic (exact) mass is 279 g/mol. The maximum Gasteiger partial charge on any atom is 0.123 e. The van der Waals surface area contributed by atoms with Gasteiger partial charge in [0.1, 0.15) is 5.82 Å². The summed E-state index contributed by atoms with van der Waals surface area (Å²) in [4.78, 5) is 4.61. The van der Waals surface area contributed by atoms with E-state index in [1.54, 1.807) is 0 Å². The molecule has 0 fully saturated rings. The highest BCUT2D eigenvalue weighted by molar-refractivity contribution is 5.76. The molecule has 21 heavy (non-hydrogen) atoms. The summed E-state index contributed by atoms with van der Waals surface area (Å²) in [6.07, 6.45) is 0. The van der Waals surface area contributed by atoms with E-state index in [-0.39, 0.29) is 0 Å². The summed E-state index contributed by atoms with van der Waals surface area (Å²) in [5, 5.41) is 0. The number of nitrogens with zero attached hydrogens (tertiary/aromatic N) is 2. The number of nitrogens with two attached hydrogens (primary N) is 1. The second-order valence-electron chi connectivity index (χ2n) is 5.70. The Morgan fingerprint density at radius 1 is 1.05 bits per heavy atom. The van der Waals surface area contributed by atoms with Crippen LogP contribution >= 0.6 is 0 Å². The van der Waals surface area contributed by atoms with Gasteiger partial charge in [0.25, 0.3) is 0 Å². The normalized spacial score (nSPS) is 11.4. The van der Waals surface area contributed by atoms with E-state index in [0.717, 1.165) is 23.4 Å². The lowest BCUT2D eigenvalue weighted by Crippen LogP contribution is -2.09. The number of benzene rings is 2. The summed E-state index contributed by atoms with van der Waals surface area (Å²) in [6, 6.07) is 17.0. The summed E-state index contributed by atoms with van der Waals surface area (Å²) in [5.41, 5.74) is 10.6. The van der Waals surface area contributed by atoms with Gasteiger partial charge in [-0.15, -0.1) is 0 Å². The molecule has 0 aliphatic heterocycles. The molecule has 0 aliphatic carbocycles. The second-order valence-corrected chi connectivity index (χ2v) is 5.70. The van der Waals surface area contributed by atoms with E-state index < -0.39 is 0 Å². The zero-order valence-electron chi connectivity index (χ0n) is 12.6. The molecule has 3 rings (SSSR count). The number of imidazole rings is 1. The first-order chi connectivity index (χ1) is 10.2. The lowest BCUT2D eigenvalue weighted by Gasteiger charge is -2.10. The summed E-state index contributed by atoms with van der Waals surface area (Å²) >= 11 is 0. The predicted molar refractivity (Wildman–Crippen MR) is 87.3 cm³/mol. The van der Waals surface area contributed by atoms with Crippen molar-refractivity contribution in [3.8, 4) is 0 Å². The second kappa shape index (κ2) is 5.70. The van der Waals surface area contributed by atoms with E-state index >= 15 is 0 Å². The van der Waals surface area contributed by atoms with Crippen LogP contribution in [0.4, 0.5) is 0 Å². The lowest BCUT2D eigenvalue weighted by molar-refractivity contribution is 0.743. The van der Waals surface area contributed by atoms with Gasteiger partial charge in [0.15, 0.2) is 0 Å². The Bertz CT molecular complexity index is 739. The molecule has 0 bridgehead atoms. The van der Waals surface area contributed by atoms with Crippen LogP contribution in [0.5, 0.6) is 0 Å². The highest BCUT2D eigenvalue weighted by atomic mass is 15.1. The molecule has 108 valence electrons. The van der Waals surface area contributed by atoms with Crippen LogP contribution in [0.1, 0.15) is 36.7 Å². The van der Waals surface area contributed by atoms with Gasteiger partial charge in [-0.1, -0.05) is 50.2 Å². The molecule has 0 unspecified atom stereocenters. The van der Waals surface area contributed by atoms with Crippen LogP contribution in [0.25, 0.3) is 11.0 Å². The Balaban J connectivity index is 1.97. The summed E-state index contributed by atoms with van der Waals surface area (Å²) in [6.45, 7) is 5.69. The maximum atomic E-state index is 5.85. The van der Waals surface area contributed by atoms with Crippen molar-refractivity contribution < 1.29 is 0 Å². The van der Waals surface area contributed by atoms with E-state index in [2.05, 4.69) is 53.7 Å². The molecule has 0 amide bonds. The largest absolute Gasteiger partial charge is 0.324 e. The van der Waals surface area contributed by atoms with Gasteiger partial charge in [-0.2, -0.15) is 0 Å². The molecule has 3 nitrogen and oxygen atoms in total. The van der Waals surface area contributed by atoms with Crippen molar-refractivity contribution in [2.24, 2.45) is 5.73 Å². The number of hydrogen-bond donors (Lipinski definition) is 1. The molecule has 3 aromatic rings. The van der Waals surface area contributed by atoms with Crippen LogP contribution in [0.2, 0.25) is 0 Å². The van der Waals surface area contributed by atoms with Crippen LogP contribution in [-0.2, 0) is 13.1 Å². The minimum atomic E-state index is 0.457. The van der Waals surface area contributed by atoms with E-state index in [1.165, 1.54) is 11.1 Å². The Labute approximate surface area is 125 Å². The Morgan fingerprint density at radius 2 is 1.76 bits per heavy atom. The molecule has 2 N–H and O–H groups in total. The fourth-order valence-electron chi connectivity index (χ4n) is 2.65. The molecule has 0 spiro atoms. The van der Waals surface area contributed by atoms with Crippen LogP contribution in [-0.4, -0.2) is 9.55 Å². The van der Waals surface area contributed by atoms with Gasteiger partial charge >= 0.3 is 0 Å². The van der Waals surface area contributed by atoms with Gasteiger partial charge in [-0.3, -0.25) is 0 Å². The van der Waals surface area contributed by atoms with Gasteiger partial charge in [-0.25, -0.2) is 4.98 Å². The SMILES string of the molecule is CC(C)c1ccc(Cn2c(CN)nc3ccccc32)cc1. The minimum absolute atomic E-state index is 0.457. The average Bonchev–Trinajstić information content (AvgIpc) is 2.86. The van der Waals surface area contributed by atoms with Crippen LogP contribution in [0.15, 0.2) is 48.5 Å². The first-order valence-electron chi connectivity index (χ1n) is 7.42. The van der Waals surface area contributed by atoms with Crippen molar-refractivity contribution in [3.63, 3.8) is 0 Å². The number of para-hydroxylation sites is 2. The van der Waals surface area contributed by atoms with Crippen LogP contribution < -0.4 is 5.73 Å². The van der Waals surface area contributed by atoms with Crippen molar-refractivity contribution in [2.45, 2.75) is 32.9 Å². The fraction of sp³-hybridized carbons (Fsp3) is 0.278. The molecule has 0 radical (unpaired) electrons. The average molecular weight is 279 g/mol. The third-order valence-electron chi connectivity index (χ3n) is 3.90. The van der Waals surface area contributed by atoms with Crippen molar-refractivity contribution in [3.05, 3.63) is 65.5 Å². The van der Waals surface area contributed by atoms with Gasteiger partial charge in [0, 0.05) is 6.54 Å². The van der Waals surface area contributed by atoms with E-state index in [9.17, 15) is 0 Å². The summed E-state index contributed by atoms with van der Waals surface area (Å²) < 4.78 is 2.21. The Kier molecular flexibility index (Phi) is 3.76. The Morgan fingerprint density at radius 3 is 2.43 bits per heavy atom. The molecule has 0 saturated heterocycles. The smallest absolute Gasteiger partial charge is 0.123 e. The number of rotatable bonds is 4. The van der Waals surface area contributed by atoms with Crippen molar-refractivity contribution in [1.82, 2.24) is 9.55 Å². The molecular weight excluding hydrogens is 258 g/mol. The number of fused-ring (bicyclic) bond motifs is 1. The zero-order valence-corrected chi connectivity index (χ0v) is 12.6. The third kappa shape index (κ3) is 2.69. The minimum Gasteiger partial charge on any atom is -0.324 e. The predicted octanol–water partition coefficient (Wildman–Crippen LogP) is 3.67. The zero-order chi connectivity index (χ0) is 14.8. The van der Waals surface area contributed by atoms with E-state index in [0.29, 0.717) is 12.5 Å². The summed E-state index contributed by atoms with van der Waals surface area (Å²) in [5.74, 6) is 1.50. The van der Waals surface area contributed by atoms with E-state index in [4.69, 9.17) is 5.73 Å². The number of aromatic nitrogens is 2. The lowest BCUT2D eigenvalue weighted by atomic mass is 10.0. The highest BCUT2D eigenvalue weighted by Gasteiger charge is 2.09. The Hall–Kier alpha value is -2.13. The fourth-order valence-corrected chi connectivity index (χ4v) is 2.65. The van der Waals surface area contributed by atoms with Gasteiger partial charge < -0.3 is 10.3 Å². The van der Waals surface area contributed by atoms with Crippen LogP contribution in [0.3, 0.4) is 0 Å². The maximum absolute atomic E-state index is 5.85. The summed E-state index contributed by atoms with van der Waals surface area (Å²) in [7, 11) is 0. The molecule has 0 aliphatic rings. The first kappa shape index (κ1) is 13.8. The topological polar surface area (TPSA) is 43.8 Å². The molecule has 0 saturated carbocycles. The molecule has 0 atom stereocenters.